The molecule has 1 atom stereocenters. The van der Waals surface area contributed by atoms with Gasteiger partial charge in [-0.15, -0.1) is 0 Å². The third-order valence-electron chi connectivity index (χ3n) is 3.52. The maximum Gasteiger partial charge on any atom is 0.387 e. The molecule has 0 saturated heterocycles. The molecule has 0 fully saturated rings. The smallest absolute Gasteiger partial charge is 0.387 e. The van der Waals surface area contributed by atoms with Gasteiger partial charge in [0, 0.05) is 25.7 Å². The van der Waals surface area contributed by atoms with Crippen molar-refractivity contribution < 1.29 is 27.8 Å². The molecule has 7 heteroatoms. The van der Waals surface area contributed by atoms with Crippen molar-refractivity contribution in [2.75, 3.05) is 14.1 Å². The summed E-state index contributed by atoms with van der Waals surface area (Å²) >= 11 is 0. The zero-order chi connectivity index (χ0) is 19.8. The first-order valence-corrected chi connectivity index (χ1v) is 8.06. The summed E-state index contributed by atoms with van der Waals surface area (Å²) in [6.07, 6.45) is 1.57. The van der Waals surface area contributed by atoms with Gasteiger partial charge >= 0.3 is 12.6 Å². The van der Waals surface area contributed by atoms with Gasteiger partial charge in [0.05, 0.1) is 0 Å². The van der Waals surface area contributed by atoms with Crippen molar-refractivity contribution in [3.05, 3.63) is 71.8 Å². The molecule has 1 amide bonds. The predicted octanol–water partition coefficient (Wildman–Crippen LogP) is 3.67. The van der Waals surface area contributed by atoms with E-state index in [0.717, 1.165) is 0 Å². The summed E-state index contributed by atoms with van der Waals surface area (Å²) in [5.41, 5.74) is 1.15. The second-order valence-corrected chi connectivity index (χ2v) is 5.74. The Bertz CT molecular complexity index is 789. The molecule has 2 rings (SSSR count). The number of halogens is 2. The molecular weight excluding hydrogens is 356 g/mol. The van der Waals surface area contributed by atoms with Crippen LogP contribution in [0, 0.1) is 0 Å². The van der Waals surface area contributed by atoms with Crippen LogP contribution >= 0.6 is 0 Å². The normalized spacial score (nSPS) is 12.0. The van der Waals surface area contributed by atoms with Gasteiger partial charge in [0.25, 0.3) is 5.91 Å². The van der Waals surface area contributed by atoms with Gasteiger partial charge in [-0.05, 0) is 23.8 Å². The molecule has 0 unspecified atom stereocenters. The van der Waals surface area contributed by atoms with Gasteiger partial charge in [0.15, 0.2) is 0 Å². The van der Waals surface area contributed by atoms with E-state index < -0.39 is 18.7 Å². The fraction of sp³-hybridized carbons (Fsp3) is 0.200. The summed E-state index contributed by atoms with van der Waals surface area (Å²) in [5, 5.41) is 0. The SMILES string of the molecule is CN(C)C(=O)[C@@H](OC(=O)/C=C/c1ccc(OC(F)F)cc1)c1ccccc1. The van der Waals surface area contributed by atoms with E-state index in [2.05, 4.69) is 4.74 Å². The van der Waals surface area contributed by atoms with Crippen LogP contribution in [0.3, 0.4) is 0 Å². The van der Waals surface area contributed by atoms with Gasteiger partial charge in [-0.2, -0.15) is 8.78 Å². The fourth-order valence-corrected chi connectivity index (χ4v) is 2.20. The monoisotopic (exact) mass is 375 g/mol. The Morgan fingerprint density at radius 1 is 1.00 bits per heavy atom. The zero-order valence-corrected chi connectivity index (χ0v) is 14.8. The molecule has 0 aliphatic carbocycles. The molecule has 0 bridgehead atoms. The van der Waals surface area contributed by atoms with E-state index in [0.29, 0.717) is 11.1 Å². The molecule has 0 aliphatic heterocycles. The molecule has 0 aromatic heterocycles. The predicted molar refractivity (Wildman–Crippen MR) is 96.1 cm³/mol. The van der Waals surface area contributed by atoms with Crippen molar-refractivity contribution in [3.63, 3.8) is 0 Å². The topological polar surface area (TPSA) is 55.8 Å². The summed E-state index contributed by atoms with van der Waals surface area (Å²) in [4.78, 5) is 25.8. The Labute approximate surface area is 155 Å². The van der Waals surface area contributed by atoms with Crippen LogP contribution < -0.4 is 4.74 Å². The summed E-state index contributed by atoms with van der Waals surface area (Å²) in [6, 6.07) is 14.4. The van der Waals surface area contributed by atoms with Crippen LogP contribution in [-0.4, -0.2) is 37.5 Å². The fourth-order valence-electron chi connectivity index (χ4n) is 2.20. The zero-order valence-electron chi connectivity index (χ0n) is 14.8. The lowest BCUT2D eigenvalue weighted by Crippen LogP contribution is -2.30. The van der Waals surface area contributed by atoms with Crippen molar-refractivity contribution in [1.29, 1.82) is 0 Å². The van der Waals surface area contributed by atoms with Crippen molar-refractivity contribution in [3.8, 4) is 5.75 Å². The maximum absolute atomic E-state index is 12.3. The van der Waals surface area contributed by atoms with Crippen LogP contribution in [0.2, 0.25) is 0 Å². The highest BCUT2D eigenvalue weighted by Gasteiger charge is 2.25. The van der Waals surface area contributed by atoms with Crippen molar-refractivity contribution >= 4 is 18.0 Å². The van der Waals surface area contributed by atoms with E-state index in [-0.39, 0.29) is 11.7 Å². The van der Waals surface area contributed by atoms with Crippen molar-refractivity contribution in [1.82, 2.24) is 4.90 Å². The summed E-state index contributed by atoms with van der Waals surface area (Å²) in [6.45, 7) is -2.90. The maximum atomic E-state index is 12.3. The van der Waals surface area contributed by atoms with Gasteiger partial charge in [0.1, 0.15) is 5.75 Å². The molecule has 5 nitrogen and oxygen atoms in total. The van der Waals surface area contributed by atoms with E-state index in [1.807, 2.05) is 0 Å². The molecule has 0 radical (unpaired) electrons. The first-order chi connectivity index (χ1) is 12.9. The molecule has 27 heavy (non-hydrogen) atoms. The van der Waals surface area contributed by atoms with E-state index >= 15 is 0 Å². The molecule has 0 N–H and O–H groups in total. The second-order valence-electron chi connectivity index (χ2n) is 5.74. The quantitative estimate of drug-likeness (QED) is 0.547. The van der Waals surface area contributed by atoms with Crippen molar-refractivity contribution in [2.24, 2.45) is 0 Å². The van der Waals surface area contributed by atoms with Crippen LogP contribution in [0.4, 0.5) is 8.78 Å². The summed E-state index contributed by atoms with van der Waals surface area (Å²) in [5.74, 6) is -1.05. The van der Waals surface area contributed by atoms with Gasteiger partial charge in [-0.3, -0.25) is 4.79 Å². The number of hydrogen-bond donors (Lipinski definition) is 0. The lowest BCUT2D eigenvalue weighted by molar-refractivity contribution is -0.155. The highest BCUT2D eigenvalue weighted by atomic mass is 19.3. The summed E-state index contributed by atoms with van der Waals surface area (Å²) in [7, 11) is 3.15. The van der Waals surface area contributed by atoms with Gasteiger partial charge in [-0.25, -0.2) is 4.79 Å². The lowest BCUT2D eigenvalue weighted by atomic mass is 10.1. The number of nitrogens with zero attached hydrogens (tertiary/aromatic N) is 1. The molecule has 0 saturated carbocycles. The average Bonchev–Trinajstić information content (AvgIpc) is 2.65. The lowest BCUT2D eigenvalue weighted by Gasteiger charge is -2.20. The molecule has 0 heterocycles. The molecule has 0 spiro atoms. The van der Waals surface area contributed by atoms with Crippen LogP contribution in [0.1, 0.15) is 17.2 Å². The van der Waals surface area contributed by atoms with E-state index in [4.69, 9.17) is 4.74 Å². The Morgan fingerprint density at radius 3 is 2.19 bits per heavy atom. The first kappa shape index (κ1) is 20.1. The average molecular weight is 375 g/mol. The number of alkyl halides is 2. The van der Waals surface area contributed by atoms with E-state index in [1.54, 1.807) is 44.4 Å². The third-order valence-corrected chi connectivity index (χ3v) is 3.52. The molecule has 2 aromatic rings. The third kappa shape index (κ3) is 6.22. The Morgan fingerprint density at radius 2 is 1.63 bits per heavy atom. The number of likely N-dealkylation sites (N-methyl/N-ethyl adjacent to an activating group) is 1. The van der Waals surface area contributed by atoms with Crippen LogP contribution in [0.25, 0.3) is 6.08 Å². The van der Waals surface area contributed by atoms with E-state index in [9.17, 15) is 18.4 Å². The second kappa shape index (κ2) is 9.47. The number of amides is 1. The van der Waals surface area contributed by atoms with Crippen LogP contribution in [0.5, 0.6) is 5.75 Å². The van der Waals surface area contributed by atoms with Crippen LogP contribution in [-0.2, 0) is 14.3 Å². The van der Waals surface area contributed by atoms with Gasteiger partial charge < -0.3 is 14.4 Å². The highest BCUT2D eigenvalue weighted by molar-refractivity contribution is 5.90. The number of benzene rings is 2. The summed E-state index contributed by atoms with van der Waals surface area (Å²) < 4.78 is 33.8. The van der Waals surface area contributed by atoms with Crippen molar-refractivity contribution in [2.45, 2.75) is 12.7 Å². The number of esters is 1. The molecule has 142 valence electrons. The van der Waals surface area contributed by atoms with Gasteiger partial charge in [-0.1, -0.05) is 42.5 Å². The number of carbonyl (C=O) groups excluding carboxylic acids is 2. The number of rotatable bonds is 7. The highest BCUT2D eigenvalue weighted by Crippen LogP contribution is 2.20. The minimum absolute atomic E-state index is 0.0189. The minimum atomic E-state index is -2.90. The van der Waals surface area contributed by atoms with Crippen LogP contribution in [0.15, 0.2) is 60.7 Å². The Kier molecular flexibility index (Phi) is 7.05. The minimum Gasteiger partial charge on any atom is -0.444 e. The number of carbonyl (C=O) groups is 2. The van der Waals surface area contributed by atoms with E-state index in [1.165, 1.54) is 41.3 Å². The largest absolute Gasteiger partial charge is 0.444 e. The Balaban J connectivity index is 2.06. The number of ether oxygens (including phenoxy) is 2. The Hall–Kier alpha value is -3.22. The molecule has 2 aromatic carbocycles. The van der Waals surface area contributed by atoms with Gasteiger partial charge in [0.2, 0.25) is 6.10 Å². The number of hydrogen-bond acceptors (Lipinski definition) is 4. The standard InChI is InChI=1S/C20H19F2NO4/c1-23(2)19(25)18(15-6-4-3-5-7-15)27-17(24)13-10-14-8-11-16(12-9-14)26-20(21)22/h3-13,18,20H,1-2H3/b13-10+/t18-/m0/s1. The first-order valence-electron chi connectivity index (χ1n) is 8.06. The molecule has 0 aliphatic rings. The molecular formula is C20H19F2NO4.